The molecular weight excluding hydrogens is 150 g/mol. The fourth-order valence-corrected chi connectivity index (χ4v) is 1.89. The number of nitrogens with two attached hydrogens (primary N) is 1. The summed E-state index contributed by atoms with van der Waals surface area (Å²) in [5, 5.41) is 0. The highest BCUT2D eigenvalue weighted by molar-refractivity contribution is 4.84. The van der Waals surface area contributed by atoms with Crippen LogP contribution in [0.15, 0.2) is 18.7 Å². The minimum atomic E-state index is 0.435. The zero-order valence-electron chi connectivity index (χ0n) is 7.19. The highest BCUT2D eigenvalue weighted by Gasteiger charge is 2.18. The van der Waals surface area contributed by atoms with Gasteiger partial charge in [-0.15, -0.1) is 0 Å². The fraction of sp³-hybridized carbons (Fsp3) is 0.667. The SMILES string of the molecule is N[C@H]1CC[C@H](n2ccnc2)CC1. The average Bonchev–Trinajstić information content (AvgIpc) is 2.58. The molecule has 3 heteroatoms. The average molecular weight is 165 g/mol. The van der Waals surface area contributed by atoms with Crippen molar-refractivity contribution in [3.63, 3.8) is 0 Å². The van der Waals surface area contributed by atoms with E-state index < -0.39 is 0 Å². The number of imidazole rings is 1. The van der Waals surface area contributed by atoms with Crippen molar-refractivity contribution in [2.24, 2.45) is 5.73 Å². The molecule has 2 rings (SSSR count). The van der Waals surface area contributed by atoms with Gasteiger partial charge in [0.15, 0.2) is 0 Å². The summed E-state index contributed by atoms with van der Waals surface area (Å²) in [5.74, 6) is 0. The maximum absolute atomic E-state index is 5.83. The molecule has 0 atom stereocenters. The number of nitrogens with zero attached hydrogens (tertiary/aromatic N) is 2. The van der Waals surface area contributed by atoms with Crippen molar-refractivity contribution in [3.8, 4) is 0 Å². The van der Waals surface area contributed by atoms with Crippen LogP contribution in [0.25, 0.3) is 0 Å². The predicted octanol–water partition coefficient (Wildman–Crippen LogP) is 1.33. The maximum Gasteiger partial charge on any atom is 0.0948 e. The van der Waals surface area contributed by atoms with E-state index in [0.717, 1.165) is 12.8 Å². The molecule has 1 heterocycles. The quantitative estimate of drug-likeness (QED) is 0.682. The van der Waals surface area contributed by atoms with Crippen LogP contribution in [-0.4, -0.2) is 15.6 Å². The molecule has 0 spiro atoms. The Bertz CT molecular complexity index is 222. The van der Waals surface area contributed by atoms with E-state index in [2.05, 4.69) is 9.55 Å². The molecule has 1 aliphatic carbocycles. The second kappa shape index (κ2) is 3.27. The van der Waals surface area contributed by atoms with Crippen molar-refractivity contribution < 1.29 is 0 Å². The molecule has 0 saturated heterocycles. The molecule has 1 saturated carbocycles. The minimum Gasteiger partial charge on any atom is -0.334 e. The van der Waals surface area contributed by atoms with E-state index >= 15 is 0 Å². The summed E-state index contributed by atoms with van der Waals surface area (Å²) in [6, 6.07) is 1.08. The molecule has 0 unspecified atom stereocenters. The Morgan fingerprint density at radius 1 is 1.25 bits per heavy atom. The molecule has 1 aromatic heterocycles. The highest BCUT2D eigenvalue weighted by atomic mass is 15.0. The number of hydrogen-bond donors (Lipinski definition) is 1. The smallest absolute Gasteiger partial charge is 0.0948 e. The van der Waals surface area contributed by atoms with Crippen LogP contribution in [0.2, 0.25) is 0 Å². The minimum absolute atomic E-state index is 0.435. The van der Waals surface area contributed by atoms with Crippen molar-refractivity contribution in [1.82, 2.24) is 9.55 Å². The zero-order valence-corrected chi connectivity index (χ0v) is 7.19. The molecule has 66 valence electrons. The molecule has 1 aliphatic rings. The molecule has 0 amide bonds. The lowest BCUT2D eigenvalue weighted by Crippen LogP contribution is -2.27. The van der Waals surface area contributed by atoms with Crippen molar-refractivity contribution in [3.05, 3.63) is 18.7 Å². The fourth-order valence-electron chi connectivity index (χ4n) is 1.89. The molecule has 0 aromatic carbocycles. The van der Waals surface area contributed by atoms with Crippen LogP contribution in [0.4, 0.5) is 0 Å². The molecular formula is C9H15N3. The monoisotopic (exact) mass is 165 g/mol. The largest absolute Gasteiger partial charge is 0.334 e. The summed E-state index contributed by atoms with van der Waals surface area (Å²) in [6.45, 7) is 0. The van der Waals surface area contributed by atoms with E-state index in [-0.39, 0.29) is 0 Å². The summed E-state index contributed by atoms with van der Waals surface area (Å²) < 4.78 is 2.20. The van der Waals surface area contributed by atoms with Crippen LogP contribution in [0.5, 0.6) is 0 Å². The Labute approximate surface area is 72.6 Å². The summed E-state index contributed by atoms with van der Waals surface area (Å²) in [6.07, 6.45) is 10.5. The van der Waals surface area contributed by atoms with E-state index in [1.54, 1.807) is 0 Å². The van der Waals surface area contributed by atoms with Gasteiger partial charge in [-0.2, -0.15) is 0 Å². The first kappa shape index (κ1) is 7.80. The standard InChI is InChI=1S/C9H15N3/c10-8-1-3-9(4-2-8)12-6-5-11-7-12/h5-9H,1-4,10H2/t8-,9-. The second-order valence-electron chi connectivity index (χ2n) is 3.58. The van der Waals surface area contributed by atoms with Gasteiger partial charge in [0, 0.05) is 24.5 Å². The van der Waals surface area contributed by atoms with Gasteiger partial charge in [0.05, 0.1) is 6.33 Å². The normalized spacial score (nSPS) is 30.4. The van der Waals surface area contributed by atoms with Crippen molar-refractivity contribution in [2.75, 3.05) is 0 Å². The van der Waals surface area contributed by atoms with Gasteiger partial charge in [0.1, 0.15) is 0 Å². The van der Waals surface area contributed by atoms with Gasteiger partial charge in [-0.25, -0.2) is 4.98 Å². The van der Waals surface area contributed by atoms with Crippen LogP contribution in [-0.2, 0) is 0 Å². The van der Waals surface area contributed by atoms with E-state index in [9.17, 15) is 0 Å². The van der Waals surface area contributed by atoms with Gasteiger partial charge in [-0.3, -0.25) is 0 Å². The first-order chi connectivity index (χ1) is 5.86. The number of aromatic nitrogens is 2. The third kappa shape index (κ3) is 1.50. The Morgan fingerprint density at radius 3 is 2.58 bits per heavy atom. The first-order valence-corrected chi connectivity index (χ1v) is 4.59. The van der Waals surface area contributed by atoms with Gasteiger partial charge >= 0.3 is 0 Å². The molecule has 1 fully saturated rings. The summed E-state index contributed by atoms with van der Waals surface area (Å²) in [4.78, 5) is 4.05. The van der Waals surface area contributed by atoms with Crippen LogP contribution < -0.4 is 5.73 Å². The lowest BCUT2D eigenvalue weighted by Gasteiger charge is -2.26. The Kier molecular flexibility index (Phi) is 2.13. The molecule has 2 N–H and O–H groups in total. The van der Waals surface area contributed by atoms with Crippen LogP contribution in [0, 0.1) is 0 Å². The first-order valence-electron chi connectivity index (χ1n) is 4.59. The second-order valence-corrected chi connectivity index (χ2v) is 3.58. The van der Waals surface area contributed by atoms with Crippen molar-refractivity contribution >= 4 is 0 Å². The molecule has 0 bridgehead atoms. The topological polar surface area (TPSA) is 43.8 Å². The predicted molar refractivity (Wildman–Crippen MR) is 47.7 cm³/mol. The molecule has 12 heavy (non-hydrogen) atoms. The van der Waals surface area contributed by atoms with Crippen molar-refractivity contribution in [1.29, 1.82) is 0 Å². The van der Waals surface area contributed by atoms with Gasteiger partial charge in [-0.05, 0) is 25.7 Å². The molecule has 0 aliphatic heterocycles. The van der Waals surface area contributed by atoms with Crippen LogP contribution >= 0.6 is 0 Å². The highest BCUT2D eigenvalue weighted by Crippen LogP contribution is 2.26. The van der Waals surface area contributed by atoms with Gasteiger partial charge in [0.2, 0.25) is 0 Å². The molecule has 0 radical (unpaired) electrons. The maximum atomic E-state index is 5.83. The lowest BCUT2D eigenvalue weighted by atomic mass is 9.92. The van der Waals surface area contributed by atoms with E-state index in [4.69, 9.17) is 5.73 Å². The van der Waals surface area contributed by atoms with Crippen molar-refractivity contribution in [2.45, 2.75) is 37.8 Å². The van der Waals surface area contributed by atoms with Gasteiger partial charge < -0.3 is 10.3 Å². The number of hydrogen-bond acceptors (Lipinski definition) is 2. The van der Waals surface area contributed by atoms with E-state index in [1.807, 2.05) is 18.7 Å². The Hall–Kier alpha value is -0.830. The summed E-state index contributed by atoms with van der Waals surface area (Å²) in [5.41, 5.74) is 5.83. The molecule has 1 aromatic rings. The number of rotatable bonds is 1. The van der Waals surface area contributed by atoms with Crippen LogP contribution in [0.3, 0.4) is 0 Å². The van der Waals surface area contributed by atoms with Gasteiger partial charge in [-0.1, -0.05) is 0 Å². The van der Waals surface area contributed by atoms with E-state index in [1.165, 1.54) is 12.8 Å². The van der Waals surface area contributed by atoms with E-state index in [0.29, 0.717) is 12.1 Å². The van der Waals surface area contributed by atoms with Crippen LogP contribution in [0.1, 0.15) is 31.7 Å². The summed E-state index contributed by atoms with van der Waals surface area (Å²) in [7, 11) is 0. The van der Waals surface area contributed by atoms with Gasteiger partial charge in [0.25, 0.3) is 0 Å². The lowest BCUT2D eigenvalue weighted by molar-refractivity contribution is 0.323. The summed E-state index contributed by atoms with van der Waals surface area (Å²) >= 11 is 0. The third-order valence-electron chi connectivity index (χ3n) is 2.69. The molecule has 3 nitrogen and oxygen atoms in total. The Balaban J connectivity index is 1.99. The third-order valence-corrected chi connectivity index (χ3v) is 2.69. The Morgan fingerprint density at radius 2 is 2.00 bits per heavy atom. The zero-order chi connectivity index (χ0) is 8.39.